The van der Waals surface area contributed by atoms with Gasteiger partial charge < -0.3 is 4.90 Å². The summed E-state index contributed by atoms with van der Waals surface area (Å²) in [7, 11) is 0. The van der Waals surface area contributed by atoms with Crippen LogP contribution in [-0.4, -0.2) is 22.9 Å². The Morgan fingerprint density at radius 3 is 2.05 bits per heavy atom. The maximum atomic E-state index is 12.7. The summed E-state index contributed by atoms with van der Waals surface area (Å²) < 4.78 is 1.06. The third kappa shape index (κ3) is 4.08. The number of carbonyl (C=O) groups excluding carboxylic acids is 1. The zero-order chi connectivity index (χ0) is 15.4. The first kappa shape index (κ1) is 17.2. The molecule has 1 amide bonds. The van der Waals surface area contributed by atoms with Gasteiger partial charge >= 0.3 is 0 Å². The summed E-state index contributed by atoms with van der Waals surface area (Å²) in [6, 6.07) is 8.70. The lowest BCUT2D eigenvalue weighted by atomic mass is 9.87. The zero-order valence-corrected chi connectivity index (χ0v) is 14.9. The van der Waals surface area contributed by atoms with Crippen molar-refractivity contribution in [2.45, 2.75) is 59.5 Å². The molecule has 2 unspecified atom stereocenters. The van der Waals surface area contributed by atoms with Crippen LogP contribution in [0.2, 0.25) is 0 Å². The Labute approximate surface area is 131 Å². The van der Waals surface area contributed by atoms with Crippen LogP contribution in [0.5, 0.6) is 0 Å². The van der Waals surface area contributed by atoms with Crippen molar-refractivity contribution < 1.29 is 4.79 Å². The van der Waals surface area contributed by atoms with Gasteiger partial charge in [-0.05, 0) is 51.3 Å². The molecule has 0 heterocycles. The molecule has 0 fully saturated rings. The minimum absolute atomic E-state index is 0.0194. The number of amides is 1. The summed E-state index contributed by atoms with van der Waals surface area (Å²) in [5.41, 5.74) is 1.20. The van der Waals surface area contributed by atoms with E-state index in [9.17, 15) is 4.79 Å². The molecule has 1 aromatic rings. The molecule has 0 aromatic heterocycles. The van der Waals surface area contributed by atoms with E-state index in [1.807, 2.05) is 24.0 Å². The predicted molar refractivity (Wildman–Crippen MR) is 88.8 cm³/mol. The van der Waals surface area contributed by atoms with Crippen molar-refractivity contribution in [3.05, 3.63) is 34.3 Å². The first-order valence-electron chi connectivity index (χ1n) is 7.33. The van der Waals surface area contributed by atoms with E-state index in [4.69, 9.17) is 0 Å². The zero-order valence-electron chi connectivity index (χ0n) is 13.4. The molecule has 1 aromatic carbocycles. The fourth-order valence-electron chi connectivity index (χ4n) is 2.63. The Morgan fingerprint density at radius 2 is 1.60 bits per heavy atom. The Bertz CT molecular complexity index is 448. The third-order valence-electron chi connectivity index (χ3n) is 3.88. The second-order valence-corrected chi connectivity index (χ2v) is 6.98. The second-order valence-electron chi connectivity index (χ2n) is 6.07. The minimum atomic E-state index is -0.0194. The normalized spacial score (nSPS) is 14.4. The molecule has 0 saturated carbocycles. The quantitative estimate of drug-likeness (QED) is 0.751. The topological polar surface area (TPSA) is 20.3 Å². The van der Waals surface area contributed by atoms with Crippen LogP contribution in [0.3, 0.4) is 0 Å². The second kappa shape index (κ2) is 7.26. The van der Waals surface area contributed by atoms with Gasteiger partial charge in [-0.15, -0.1) is 0 Å². The highest BCUT2D eigenvalue weighted by molar-refractivity contribution is 9.10. The van der Waals surface area contributed by atoms with Crippen LogP contribution in [0, 0.1) is 5.92 Å². The van der Waals surface area contributed by atoms with Gasteiger partial charge in [-0.3, -0.25) is 4.79 Å². The van der Waals surface area contributed by atoms with E-state index in [1.165, 1.54) is 5.56 Å². The van der Waals surface area contributed by atoms with Crippen molar-refractivity contribution in [1.82, 2.24) is 4.90 Å². The molecule has 20 heavy (non-hydrogen) atoms. The number of rotatable bonds is 5. The molecule has 0 bridgehead atoms. The number of hydrogen-bond acceptors (Lipinski definition) is 1. The van der Waals surface area contributed by atoms with Gasteiger partial charge in [-0.25, -0.2) is 0 Å². The van der Waals surface area contributed by atoms with Crippen molar-refractivity contribution in [3.8, 4) is 0 Å². The summed E-state index contributed by atoms with van der Waals surface area (Å²) in [6.07, 6.45) is 0. The number of hydrogen-bond donors (Lipinski definition) is 0. The molecule has 2 nitrogen and oxygen atoms in total. The molecule has 0 N–H and O–H groups in total. The lowest BCUT2D eigenvalue weighted by Crippen LogP contribution is -2.45. The van der Waals surface area contributed by atoms with Gasteiger partial charge in [0.1, 0.15) is 0 Å². The summed E-state index contributed by atoms with van der Waals surface area (Å²) in [4.78, 5) is 14.7. The van der Waals surface area contributed by atoms with E-state index in [2.05, 4.69) is 62.7 Å². The lowest BCUT2D eigenvalue weighted by molar-refractivity contribution is -0.139. The Balaban J connectivity index is 2.93. The fraction of sp³-hybridized carbons (Fsp3) is 0.588. The van der Waals surface area contributed by atoms with Crippen LogP contribution >= 0.6 is 15.9 Å². The average molecular weight is 340 g/mol. The molecular formula is C17H26BrNO. The SMILES string of the molecule is CC(C(=O)N(C(C)C)C(C)C)C(C)c1cccc(Br)c1. The van der Waals surface area contributed by atoms with E-state index in [0.29, 0.717) is 0 Å². The highest BCUT2D eigenvalue weighted by Gasteiger charge is 2.29. The van der Waals surface area contributed by atoms with Gasteiger partial charge in [0, 0.05) is 22.5 Å². The Morgan fingerprint density at radius 1 is 1.05 bits per heavy atom. The molecule has 0 radical (unpaired) electrons. The van der Waals surface area contributed by atoms with Gasteiger partial charge in [0.2, 0.25) is 5.91 Å². The molecule has 0 aliphatic heterocycles. The Kier molecular flexibility index (Phi) is 6.25. The standard InChI is InChI=1S/C17H26BrNO/c1-11(2)19(12(3)4)17(20)14(6)13(5)15-8-7-9-16(18)10-15/h7-14H,1-6H3. The maximum absolute atomic E-state index is 12.7. The maximum Gasteiger partial charge on any atom is 0.226 e. The molecule has 0 saturated heterocycles. The first-order chi connectivity index (χ1) is 9.25. The molecule has 112 valence electrons. The highest BCUT2D eigenvalue weighted by Crippen LogP contribution is 2.28. The highest BCUT2D eigenvalue weighted by atomic mass is 79.9. The van der Waals surface area contributed by atoms with Crippen LogP contribution in [0.4, 0.5) is 0 Å². The van der Waals surface area contributed by atoms with Crippen molar-refractivity contribution in [3.63, 3.8) is 0 Å². The van der Waals surface area contributed by atoms with E-state index in [-0.39, 0.29) is 29.8 Å². The van der Waals surface area contributed by atoms with E-state index in [0.717, 1.165) is 4.47 Å². The van der Waals surface area contributed by atoms with E-state index >= 15 is 0 Å². The van der Waals surface area contributed by atoms with E-state index < -0.39 is 0 Å². The molecule has 0 spiro atoms. The van der Waals surface area contributed by atoms with Gasteiger partial charge in [-0.1, -0.05) is 41.9 Å². The van der Waals surface area contributed by atoms with E-state index in [1.54, 1.807) is 0 Å². The molecule has 0 aliphatic carbocycles. The van der Waals surface area contributed by atoms with Gasteiger partial charge in [0.15, 0.2) is 0 Å². The molecular weight excluding hydrogens is 314 g/mol. The van der Waals surface area contributed by atoms with Crippen LogP contribution in [0.15, 0.2) is 28.7 Å². The molecule has 3 heteroatoms. The van der Waals surface area contributed by atoms with Crippen molar-refractivity contribution >= 4 is 21.8 Å². The van der Waals surface area contributed by atoms with Gasteiger partial charge in [0.05, 0.1) is 0 Å². The molecule has 0 aliphatic rings. The predicted octanol–water partition coefficient (Wildman–Crippen LogP) is 4.83. The van der Waals surface area contributed by atoms with Crippen molar-refractivity contribution in [1.29, 1.82) is 0 Å². The number of halogens is 1. The van der Waals surface area contributed by atoms with Crippen LogP contribution < -0.4 is 0 Å². The third-order valence-corrected chi connectivity index (χ3v) is 4.37. The van der Waals surface area contributed by atoms with Crippen LogP contribution in [0.1, 0.15) is 53.0 Å². The Hall–Kier alpha value is -0.830. The van der Waals surface area contributed by atoms with Crippen molar-refractivity contribution in [2.24, 2.45) is 5.92 Å². The molecule has 1 rings (SSSR count). The number of carbonyl (C=O) groups is 1. The van der Waals surface area contributed by atoms with Crippen LogP contribution in [0.25, 0.3) is 0 Å². The number of benzene rings is 1. The fourth-order valence-corrected chi connectivity index (χ4v) is 3.05. The minimum Gasteiger partial charge on any atom is -0.338 e. The van der Waals surface area contributed by atoms with Crippen molar-refractivity contribution in [2.75, 3.05) is 0 Å². The van der Waals surface area contributed by atoms with Gasteiger partial charge in [-0.2, -0.15) is 0 Å². The monoisotopic (exact) mass is 339 g/mol. The largest absolute Gasteiger partial charge is 0.338 e. The summed E-state index contributed by atoms with van der Waals surface area (Å²) in [5, 5.41) is 0. The van der Waals surface area contributed by atoms with Crippen LogP contribution in [-0.2, 0) is 4.79 Å². The lowest BCUT2D eigenvalue weighted by Gasteiger charge is -2.35. The summed E-state index contributed by atoms with van der Waals surface area (Å²) in [5.74, 6) is 0.427. The first-order valence-corrected chi connectivity index (χ1v) is 8.12. The summed E-state index contributed by atoms with van der Waals surface area (Å²) >= 11 is 3.50. The molecule has 2 atom stereocenters. The smallest absolute Gasteiger partial charge is 0.226 e. The summed E-state index contributed by atoms with van der Waals surface area (Å²) in [6.45, 7) is 12.5. The number of nitrogens with zero attached hydrogens (tertiary/aromatic N) is 1. The van der Waals surface area contributed by atoms with Gasteiger partial charge in [0.25, 0.3) is 0 Å². The average Bonchev–Trinajstić information content (AvgIpc) is 2.36.